The average Bonchev–Trinajstić information content (AvgIpc) is 3.58. The van der Waals surface area contributed by atoms with Crippen molar-refractivity contribution in [2.75, 3.05) is 12.0 Å². The zero-order chi connectivity index (χ0) is 20.4. The van der Waals surface area contributed by atoms with Gasteiger partial charge >= 0.3 is 0 Å². The lowest BCUT2D eigenvalue weighted by Crippen LogP contribution is -2.23. The van der Waals surface area contributed by atoms with Crippen molar-refractivity contribution < 1.29 is 9.18 Å². The number of hydrogen-bond donors (Lipinski definition) is 2. The molecule has 0 unspecified atom stereocenters. The molecule has 0 saturated heterocycles. The van der Waals surface area contributed by atoms with Crippen LogP contribution in [0.4, 0.5) is 10.2 Å². The molecule has 0 atom stereocenters. The lowest BCUT2D eigenvalue weighted by atomic mass is 10.1. The van der Waals surface area contributed by atoms with Crippen LogP contribution in [0.15, 0.2) is 53.6 Å². The van der Waals surface area contributed by atoms with Gasteiger partial charge in [-0.2, -0.15) is 0 Å². The number of carbonyl (C=O) groups excluding carboxylic acids is 1. The molecule has 0 aliphatic heterocycles. The molecule has 148 valence electrons. The van der Waals surface area contributed by atoms with E-state index in [4.69, 9.17) is 5.73 Å². The van der Waals surface area contributed by atoms with Crippen LogP contribution >= 0.6 is 11.8 Å². The highest BCUT2D eigenvalue weighted by Crippen LogP contribution is 2.39. The molecular weight excluding hydrogens is 387 g/mol. The number of nitrogens with one attached hydrogen (secondary N) is 1. The van der Waals surface area contributed by atoms with E-state index >= 15 is 0 Å². The van der Waals surface area contributed by atoms with Crippen LogP contribution in [-0.2, 0) is 6.54 Å². The Morgan fingerprint density at radius 3 is 2.83 bits per heavy atom. The second-order valence-electron chi connectivity index (χ2n) is 7.03. The van der Waals surface area contributed by atoms with Gasteiger partial charge in [-0.05, 0) is 48.9 Å². The third-order valence-corrected chi connectivity index (χ3v) is 5.61. The summed E-state index contributed by atoms with van der Waals surface area (Å²) < 4.78 is 14.7. The molecule has 2 aromatic carbocycles. The van der Waals surface area contributed by atoms with E-state index in [9.17, 15) is 9.18 Å². The van der Waals surface area contributed by atoms with Crippen molar-refractivity contribution in [3.05, 3.63) is 71.3 Å². The second kappa shape index (κ2) is 8.21. The summed E-state index contributed by atoms with van der Waals surface area (Å²) in [5.41, 5.74) is 8.74. The molecular formula is C22H21FN4OS. The van der Waals surface area contributed by atoms with Crippen molar-refractivity contribution in [1.29, 1.82) is 0 Å². The van der Waals surface area contributed by atoms with Gasteiger partial charge in [-0.25, -0.2) is 14.4 Å². The minimum absolute atomic E-state index is 0.0142. The zero-order valence-corrected chi connectivity index (χ0v) is 16.8. The number of nitrogens with two attached hydrogens (primary N) is 1. The molecule has 0 radical (unpaired) electrons. The SMILES string of the molecule is CSc1cccc(CNC(=O)c2ccc(-c3nc(C4CC4)cnc3N)cc2F)c1. The van der Waals surface area contributed by atoms with Crippen LogP contribution in [-0.4, -0.2) is 22.1 Å². The summed E-state index contributed by atoms with van der Waals surface area (Å²) in [5.74, 6) is -0.411. The summed E-state index contributed by atoms with van der Waals surface area (Å²) in [6.45, 7) is 0.330. The molecule has 1 aliphatic rings. The first kappa shape index (κ1) is 19.4. The number of nitrogen functional groups attached to an aromatic ring is 1. The zero-order valence-electron chi connectivity index (χ0n) is 16.0. The van der Waals surface area contributed by atoms with E-state index in [1.165, 1.54) is 12.1 Å². The smallest absolute Gasteiger partial charge is 0.254 e. The number of halogens is 1. The van der Waals surface area contributed by atoms with Crippen LogP contribution in [0.1, 0.15) is 40.4 Å². The fraction of sp³-hybridized carbons (Fsp3) is 0.227. The van der Waals surface area contributed by atoms with Crippen LogP contribution in [0.25, 0.3) is 11.3 Å². The van der Waals surface area contributed by atoms with Crippen molar-refractivity contribution in [1.82, 2.24) is 15.3 Å². The average molecular weight is 409 g/mol. The number of hydrogen-bond acceptors (Lipinski definition) is 5. The topological polar surface area (TPSA) is 80.9 Å². The minimum atomic E-state index is -0.615. The summed E-state index contributed by atoms with van der Waals surface area (Å²) in [6.07, 6.45) is 5.85. The highest BCUT2D eigenvalue weighted by atomic mass is 32.2. The van der Waals surface area contributed by atoms with Gasteiger partial charge in [0.15, 0.2) is 0 Å². The predicted molar refractivity (Wildman–Crippen MR) is 113 cm³/mol. The number of amides is 1. The molecule has 3 aromatic rings. The van der Waals surface area contributed by atoms with Crippen molar-refractivity contribution in [2.45, 2.75) is 30.2 Å². The molecule has 0 spiro atoms. The van der Waals surface area contributed by atoms with Gasteiger partial charge in [0, 0.05) is 22.9 Å². The van der Waals surface area contributed by atoms with E-state index in [1.807, 2.05) is 30.5 Å². The monoisotopic (exact) mass is 408 g/mol. The Labute approximate surface area is 173 Å². The Bertz CT molecular complexity index is 1070. The number of benzene rings is 2. The standard InChI is InChI=1S/C22H21FN4OS/c1-29-16-4-2-3-13(9-16)11-26-22(28)17-8-7-15(10-18(17)23)20-21(24)25-12-19(27-20)14-5-6-14/h2-4,7-10,12,14H,5-6,11H2,1H3,(H2,24,25)(H,26,28). The first-order valence-corrected chi connectivity index (χ1v) is 10.6. The highest BCUT2D eigenvalue weighted by molar-refractivity contribution is 7.98. The van der Waals surface area contributed by atoms with Crippen molar-refractivity contribution in [3.63, 3.8) is 0 Å². The third kappa shape index (κ3) is 4.40. The van der Waals surface area contributed by atoms with Crippen LogP contribution in [0.5, 0.6) is 0 Å². The van der Waals surface area contributed by atoms with Gasteiger partial charge in [0.05, 0.1) is 17.5 Å². The molecule has 1 amide bonds. The lowest BCUT2D eigenvalue weighted by Gasteiger charge is -2.10. The third-order valence-electron chi connectivity index (χ3n) is 4.89. The molecule has 1 aliphatic carbocycles. The molecule has 1 aromatic heterocycles. The number of carbonyl (C=O) groups is 1. The van der Waals surface area contributed by atoms with Crippen molar-refractivity contribution in [2.24, 2.45) is 0 Å². The van der Waals surface area contributed by atoms with Crippen LogP contribution < -0.4 is 11.1 Å². The number of rotatable bonds is 6. The van der Waals surface area contributed by atoms with Crippen LogP contribution in [0, 0.1) is 5.82 Å². The summed E-state index contributed by atoms with van der Waals surface area (Å²) in [5, 5.41) is 2.77. The van der Waals surface area contributed by atoms with E-state index in [0.717, 1.165) is 29.0 Å². The normalized spacial score (nSPS) is 13.3. The first-order chi connectivity index (χ1) is 14.0. The Balaban J connectivity index is 1.51. The molecule has 5 nitrogen and oxygen atoms in total. The molecule has 3 N–H and O–H groups in total. The maximum atomic E-state index is 14.7. The second-order valence-corrected chi connectivity index (χ2v) is 7.91. The van der Waals surface area contributed by atoms with Gasteiger partial charge in [-0.15, -0.1) is 11.8 Å². The number of thioether (sulfide) groups is 1. The highest BCUT2D eigenvalue weighted by Gasteiger charge is 2.26. The first-order valence-electron chi connectivity index (χ1n) is 9.38. The van der Waals surface area contributed by atoms with Gasteiger partial charge in [0.2, 0.25) is 0 Å². The van der Waals surface area contributed by atoms with Crippen LogP contribution in [0.3, 0.4) is 0 Å². The van der Waals surface area contributed by atoms with E-state index in [1.54, 1.807) is 24.0 Å². The maximum Gasteiger partial charge on any atom is 0.254 e. The Hall–Kier alpha value is -2.93. The van der Waals surface area contributed by atoms with E-state index in [0.29, 0.717) is 23.7 Å². The summed E-state index contributed by atoms with van der Waals surface area (Å²) in [6, 6.07) is 12.3. The molecule has 4 rings (SSSR count). The van der Waals surface area contributed by atoms with Crippen molar-refractivity contribution in [3.8, 4) is 11.3 Å². The molecule has 1 fully saturated rings. The fourth-order valence-electron chi connectivity index (χ4n) is 3.11. The molecule has 0 bridgehead atoms. The van der Waals surface area contributed by atoms with E-state index in [2.05, 4.69) is 15.3 Å². The van der Waals surface area contributed by atoms with Gasteiger partial charge in [-0.1, -0.05) is 18.2 Å². The van der Waals surface area contributed by atoms with Gasteiger partial charge < -0.3 is 11.1 Å². The maximum absolute atomic E-state index is 14.7. The Morgan fingerprint density at radius 1 is 1.28 bits per heavy atom. The van der Waals surface area contributed by atoms with Gasteiger partial charge in [-0.3, -0.25) is 4.79 Å². The minimum Gasteiger partial charge on any atom is -0.382 e. The Kier molecular flexibility index (Phi) is 5.49. The predicted octanol–water partition coefficient (Wildman–Crippen LogP) is 4.39. The summed E-state index contributed by atoms with van der Waals surface area (Å²) in [4.78, 5) is 22.3. The molecule has 7 heteroatoms. The summed E-state index contributed by atoms with van der Waals surface area (Å²) in [7, 11) is 0. The van der Waals surface area contributed by atoms with Gasteiger partial charge in [0.1, 0.15) is 17.3 Å². The largest absolute Gasteiger partial charge is 0.382 e. The number of aromatic nitrogens is 2. The van der Waals surface area contributed by atoms with E-state index in [-0.39, 0.29) is 11.4 Å². The molecule has 1 heterocycles. The van der Waals surface area contributed by atoms with E-state index < -0.39 is 11.7 Å². The van der Waals surface area contributed by atoms with Crippen LogP contribution in [0.2, 0.25) is 0 Å². The Morgan fingerprint density at radius 2 is 2.10 bits per heavy atom. The number of nitrogens with zero attached hydrogens (tertiary/aromatic N) is 2. The molecule has 29 heavy (non-hydrogen) atoms. The summed E-state index contributed by atoms with van der Waals surface area (Å²) >= 11 is 1.63. The number of anilines is 1. The van der Waals surface area contributed by atoms with Gasteiger partial charge in [0.25, 0.3) is 5.91 Å². The fourth-order valence-corrected chi connectivity index (χ4v) is 3.59. The molecule has 1 saturated carbocycles. The van der Waals surface area contributed by atoms with Crippen molar-refractivity contribution >= 4 is 23.5 Å². The lowest BCUT2D eigenvalue weighted by molar-refractivity contribution is 0.0947. The quantitative estimate of drug-likeness (QED) is 0.591.